The molecule has 0 unspecified atom stereocenters. The van der Waals surface area contributed by atoms with Crippen molar-refractivity contribution in [2.24, 2.45) is 5.73 Å². The van der Waals surface area contributed by atoms with Crippen LogP contribution in [0.4, 0.5) is 23.2 Å². The van der Waals surface area contributed by atoms with Crippen LogP contribution in [0.1, 0.15) is 18.4 Å². The van der Waals surface area contributed by atoms with Crippen molar-refractivity contribution < 1.29 is 31.8 Å². The SMILES string of the molecule is Cl.NC[C@H]1CC[C@@H](C(=O)Nc2cccc(COCC(F)(F)C(F)F)c2)O1. The van der Waals surface area contributed by atoms with Gasteiger partial charge in [-0.15, -0.1) is 12.4 Å². The summed E-state index contributed by atoms with van der Waals surface area (Å²) in [6, 6.07) is 6.31. The second-order valence-electron chi connectivity index (χ2n) is 5.80. The van der Waals surface area contributed by atoms with Crippen LogP contribution >= 0.6 is 12.4 Å². The van der Waals surface area contributed by atoms with Crippen molar-refractivity contribution in [3.05, 3.63) is 29.8 Å². The number of carbonyl (C=O) groups is 1. The summed E-state index contributed by atoms with van der Waals surface area (Å²) in [6.07, 6.45) is -3.22. The van der Waals surface area contributed by atoms with Crippen molar-refractivity contribution in [1.82, 2.24) is 0 Å². The molecule has 10 heteroatoms. The van der Waals surface area contributed by atoms with Gasteiger partial charge in [-0.05, 0) is 30.5 Å². The van der Waals surface area contributed by atoms with Gasteiger partial charge in [0.2, 0.25) is 0 Å². The van der Waals surface area contributed by atoms with E-state index in [1.54, 1.807) is 18.2 Å². The lowest BCUT2D eigenvalue weighted by atomic mass is 10.1. The largest absolute Gasteiger partial charge is 0.370 e. The van der Waals surface area contributed by atoms with Gasteiger partial charge in [0.25, 0.3) is 5.91 Å². The second kappa shape index (κ2) is 10.1. The Bertz CT molecular complexity index is 592. The molecule has 148 valence electrons. The molecule has 0 radical (unpaired) electrons. The van der Waals surface area contributed by atoms with E-state index in [9.17, 15) is 22.4 Å². The first-order valence-electron chi connectivity index (χ1n) is 7.81. The number of hydrogen-bond acceptors (Lipinski definition) is 4. The standard InChI is InChI=1S/C16H20F4N2O3.ClH/c17-15(18)16(19,20)9-24-8-10-2-1-3-11(6-10)22-14(23)13-5-4-12(7-21)25-13;/h1-3,6,12-13,15H,4-5,7-9,21H2,(H,22,23);1H/t12-,13+;/m1./s1. The molecule has 1 aromatic rings. The number of ether oxygens (including phenoxy) is 2. The van der Waals surface area contributed by atoms with Gasteiger partial charge in [0.1, 0.15) is 12.7 Å². The molecule has 0 aromatic heterocycles. The molecule has 1 aromatic carbocycles. The lowest BCUT2D eigenvalue weighted by molar-refractivity contribution is -0.168. The Kier molecular flexibility index (Phi) is 8.75. The van der Waals surface area contributed by atoms with E-state index in [1.807, 2.05) is 0 Å². The van der Waals surface area contributed by atoms with Crippen LogP contribution in [0.3, 0.4) is 0 Å². The van der Waals surface area contributed by atoms with Crippen molar-refractivity contribution in [3.63, 3.8) is 0 Å². The zero-order valence-electron chi connectivity index (χ0n) is 13.8. The van der Waals surface area contributed by atoms with E-state index in [-0.39, 0.29) is 31.0 Å². The fourth-order valence-electron chi connectivity index (χ4n) is 2.40. The summed E-state index contributed by atoms with van der Waals surface area (Å²) < 4.78 is 59.8. The fraction of sp³-hybridized carbons (Fsp3) is 0.562. The quantitative estimate of drug-likeness (QED) is 0.658. The van der Waals surface area contributed by atoms with E-state index in [0.717, 1.165) is 0 Å². The zero-order valence-corrected chi connectivity index (χ0v) is 14.6. The predicted molar refractivity (Wildman–Crippen MR) is 89.9 cm³/mol. The molecule has 1 amide bonds. The van der Waals surface area contributed by atoms with Crippen molar-refractivity contribution in [1.29, 1.82) is 0 Å². The maximum Gasteiger partial charge on any atom is 0.330 e. The molecule has 26 heavy (non-hydrogen) atoms. The topological polar surface area (TPSA) is 73.6 Å². The maximum atomic E-state index is 12.8. The van der Waals surface area contributed by atoms with E-state index in [0.29, 0.717) is 30.6 Å². The molecule has 5 nitrogen and oxygen atoms in total. The fourth-order valence-corrected chi connectivity index (χ4v) is 2.40. The second-order valence-corrected chi connectivity index (χ2v) is 5.80. The molecular weight excluding hydrogens is 380 g/mol. The number of benzene rings is 1. The van der Waals surface area contributed by atoms with E-state index in [1.165, 1.54) is 6.07 Å². The predicted octanol–water partition coefficient (Wildman–Crippen LogP) is 2.97. The number of nitrogens with one attached hydrogen (secondary N) is 1. The van der Waals surface area contributed by atoms with Crippen molar-refractivity contribution in [2.45, 2.75) is 44.0 Å². The normalized spacial score (nSPS) is 20.1. The highest BCUT2D eigenvalue weighted by molar-refractivity contribution is 5.94. The average Bonchev–Trinajstić information content (AvgIpc) is 3.04. The van der Waals surface area contributed by atoms with Gasteiger partial charge in [0.05, 0.1) is 12.7 Å². The van der Waals surface area contributed by atoms with E-state index in [2.05, 4.69) is 10.1 Å². The minimum atomic E-state index is -4.19. The van der Waals surface area contributed by atoms with Crippen LogP contribution in [0, 0.1) is 0 Å². The Morgan fingerprint density at radius 2 is 2.12 bits per heavy atom. The van der Waals surface area contributed by atoms with Gasteiger partial charge in [0, 0.05) is 12.2 Å². The molecule has 0 bridgehead atoms. The van der Waals surface area contributed by atoms with Gasteiger partial charge >= 0.3 is 12.3 Å². The third-order valence-corrected chi connectivity index (χ3v) is 3.74. The minimum absolute atomic E-state index is 0. The highest BCUT2D eigenvalue weighted by atomic mass is 35.5. The van der Waals surface area contributed by atoms with Crippen molar-refractivity contribution in [2.75, 3.05) is 18.5 Å². The van der Waals surface area contributed by atoms with Crippen molar-refractivity contribution in [3.8, 4) is 0 Å². The molecule has 1 saturated heterocycles. The number of amides is 1. The van der Waals surface area contributed by atoms with E-state index >= 15 is 0 Å². The minimum Gasteiger partial charge on any atom is -0.370 e. The van der Waals surface area contributed by atoms with Crippen LogP contribution in [0.25, 0.3) is 0 Å². The first-order valence-corrected chi connectivity index (χ1v) is 7.81. The number of anilines is 1. The Morgan fingerprint density at radius 3 is 2.73 bits per heavy atom. The van der Waals surface area contributed by atoms with Crippen molar-refractivity contribution >= 4 is 24.0 Å². The third kappa shape index (κ3) is 6.39. The number of hydrogen-bond donors (Lipinski definition) is 2. The van der Waals surface area contributed by atoms with Gasteiger partial charge < -0.3 is 20.5 Å². The van der Waals surface area contributed by atoms with Gasteiger partial charge in [0.15, 0.2) is 0 Å². The molecule has 1 fully saturated rings. The Labute approximate surface area is 154 Å². The molecule has 0 spiro atoms. The molecule has 2 rings (SSSR count). The van der Waals surface area contributed by atoms with E-state index in [4.69, 9.17) is 10.5 Å². The summed E-state index contributed by atoms with van der Waals surface area (Å²) in [5.74, 6) is -4.51. The Morgan fingerprint density at radius 1 is 1.38 bits per heavy atom. The summed E-state index contributed by atoms with van der Waals surface area (Å²) in [4.78, 5) is 12.1. The summed E-state index contributed by atoms with van der Waals surface area (Å²) in [6.45, 7) is -1.31. The Hall–Kier alpha value is -1.42. The number of nitrogens with two attached hydrogens (primary N) is 1. The third-order valence-electron chi connectivity index (χ3n) is 3.74. The lowest BCUT2D eigenvalue weighted by Gasteiger charge is -2.16. The van der Waals surface area contributed by atoms with Crippen LogP contribution in [-0.4, -0.2) is 43.6 Å². The zero-order chi connectivity index (χ0) is 18.4. The average molecular weight is 401 g/mol. The number of halogens is 5. The highest BCUT2D eigenvalue weighted by Crippen LogP contribution is 2.24. The van der Waals surface area contributed by atoms with Crippen LogP contribution in [0.2, 0.25) is 0 Å². The number of rotatable bonds is 8. The summed E-state index contributed by atoms with van der Waals surface area (Å²) >= 11 is 0. The molecule has 0 aliphatic carbocycles. The summed E-state index contributed by atoms with van der Waals surface area (Å²) in [5.41, 5.74) is 6.40. The molecular formula is C16H21ClF4N2O3. The van der Waals surface area contributed by atoms with Gasteiger partial charge in [-0.3, -0.25) is 4.79 Å². The monoisotopic (exact) mass is 400 g/mol. The van der Waals surface area contributed by atoms with Crippen LogP contribution in [-0.2, 0) is 20.9 Å². The lowest BCUT2D eigenvalue weighted by Crippen LogP contribution is -2.32. The molecule has 1 aliphatic heterocycles. The van der Waals surface area contributed by atoms with Gasteiger partial charge in [-0.2, -0.15) is 8.78 Å². The molecule has 0 saturated carbocycles. The van der Waals surface area contributed by atoms with Crippen LogP contribution < -0.4 is 11.1 Å². The smallest absolute Gasteiger partial charge is 0.330 e. The summed E-state index contributed by atoms with van der Waals surface area (Å²) in [5, 5.41) is 2.67. The number of alkyl halides is 4. The van der Waals surface area contributed by atoms with Gasteiger partial charge in [-0.25, -0.2) is 8.78 Å². The first-order chi connectivity index (χ1) is 11.8. The van der Waals surface area contributed by atoms with Gasteiger partial charge in [-0.1, -0.05) is 12.1 Å². The molecule has 1 heterocycles. The first kappa shape index (κ1) is 22.6. The van der Waals surface area contributed by atoms with Crippen LogP contribution in [0.5, 0.6) is 0 Å². The molecule has 1 aliphatic rings. The molecule has 3 N–H and O–H groups in total. The molecule has 2 atom stereocenters. The van der Waals surface area contributed by atoms with E-state index < -0.39 is 25.1 Å². The number of carbonyl (C=O) groups excluding carboxylic acids is 1. The Balaban J connectivity index is 0.00000338. The summed E-state index contributed by atoms with van der Waals surface area (Å²) in [7, 11) is 0. The maximum absolute atomic E-state index is 12.8. The van der Waals surface area contributed by atoms with Crippen LogP contribution in [0.15, 0.2) is 24.3 Å². The highest BCUT2D eigenvalue weighted by Gasteiger charge is 2.40.